The number of carbonyl (C=O) groups is 1. The zero-order valence-corrected chi connectivity index (χ0v) is 9.87. The molecule has 2 heterocycles. The van der Waals surface area contributed by atoms with E-state index in [1.54, 1.807) is 16.7 Å². The van der Waals surface area contributed by atoms with E-state index in [0.29, 0.717) is 23.5 Å². The number of fused-ring (bicyclic) bond motifs is 1. The van der Waals surface area contributed by atoms with Crippen molar-refractivity contribution in [3.05, 3.63) is 23.9 Å². The summed E-state index contributed by atoms with van der Waals surface area (Å²) in [5.41, 5.74) is 6.20. The molecule has 0 spiro atoms. The van der Waals surface area contributed by atoms with Crippen molar-refractivity contribution in [1.29, 1.82) is 0 Å². The Morgan fingerprint density at radius 3 is 2.94 bits per heavy atom. The van der Waals surface area contributed by atoms with Gasteiger partial charge in [0.05, 0.1) is 12.9 Å². The Hall–Kier alpha value is -2.28. The van der Waals surface area contributed by atoms with E-state index in [1.165, 1.54) is 6.33 Å². The van der Waals surface area contributed by atoms with E-state index in [0.717, 1.165) is 0 Å². The number of hydrogen-bond acceptors (Lipinski definition) is 5. The van der Waals surface area contributed by atoms with Crippen LogP contribution in [-0.2, 0) is 6.54 Å². The summed E-state index contributed by atoms with van der Waals surface area (Å²) in [6.45, 7) is 2.13. The number of nitrogens with two attached hydrogens (primary N) is 1. The van der Waals surface area contributed by atoms with Crippen LogP contribution in [0.1, 0.15) is 23.2 Å². The molecule has 0 aliphatic carbocycles. The highest BCUT2D eigenvalue weighted by Crippen LogP contribution is 2.14. The van der Waals surface area contributed by atoms with Crippen LogP contribution in [0.15, 0.2) is 12.4 Å². The van der Waals surface area contributed by atoms with Crippen molar-refractivity contribution in [3.63, 3.8) is 0 Å². The van der Waals surface area contributed by atoms with Crippen molar-refractivity contribution in [3.8, 4) is 0 Å². The summed E-state index contributed by atoms with van der Waals surface area (Å²) < 4.78 is 1.65. The number of primary amides is 1. The minimum atomic E-state index is -0.651. The van der Waals surface area contributed by atoms with E-state index in [2.05, 4.69) is 15.0 Å². The molecule has 7 nitrogen and oxygen atoms in total. The molecule has 2 rings (SSSR count). The van der Waals surface area contributed by atoms with Gasteiger partial charge in [-0.2, -0.15) is 0 Å². The third-order valence-corrected chi connectivity index (χ3v) is 2.37. The summed E-state index contributed by atoms with van der Waals surface area (Å²) in [4.78, 5) is 23.7. The molecule has 1 amide bonds. The summed E-state index contributed by atoms with van der Waals surface area (Å²) in [5.74, 6) is -0.263. The molecule has 7 heteroatoms. The minimum absolute atomic E-state index is 0.0414. The largest absolute Gasteiger partial charge is 0.395 e. The van der Waals surface area contributed by atoms with Crippen LogP contribution in [0.4, 0.5) is 0 Å². The Kier molecular flexibility index (Phi) is 3.33. The first kappa shape index (κ1) is 12.2. The number of aromatic nitrogens is 4. The molecule has 0 fully saturated rings. The van der Waals surface area contributed by atoms with Gasteiger partial charge in [0.15, 0.2) is 17.2 Å². The highest BCUT2D eigenvalue weighted by atomic mass is 16.3. The van der Waals surface area contributed by atoms with E-state index < -0.39 is 5.91 Å². The average molecular weight is 247 g/mol. The molecular formula is C11H13N5O2. The Labute approximate surface area is 103 Å². The van der Waals surface area contributed by atoms with E-state index in [4.69, 9.17) is 10.8 Å². The SMILES string of the molecule is C/C=C\c1nc(C(N)=O)c2ncn(CCO)c2n1. The molecule has 0 radical (unpaired) electrons. The number of rotatable bonds is 4. The van der Waals surface area contributed by atoms with Gasteiger partial charge in [-0.3, -0.25) is 4.79 Å². The van der Waals surface area contributed by atoms with Gasteiger partial charge in [-0.25, -0.2) is 15.0 Å². The summed E-state index contributed by atoms with van der Waals surface area (Å²) in [6.07, 6.45) is 4.93. The van der Waals surface area contributed by atoms with Gasteiger partial charge in [0.2, 0.25) is 0 Å². The van der Waals surface area contributed by atoms with Crippen molar-refractivity contribution in [1.82, 2.24) is 19.5 Å². The molecule has 94 valence electrons. The van der Waals surface area contributed by atoms with Crippen LogP contribution in [-0.4, -0.2) is 37.1 Å². The predicted molar refractivity (Wildman–Crippen MR) is 65.6 cm³/mol. The molecule has 0 atom stereocenters. The van der Waals surface area contributed by atoms with Gasteiger partial charge in [-0.1, -0.05) is 6.08 Å². The Morgan fingerprint density at radius 1 is 1.56 bits per heavy atom. The van der Waals surface area contributed by atoms with Crippen LogP contribution in [0, 0.1) is 0 Å². The smallest absolute Gasteiger partial charge is 0.269 e. The van der Waals surface area contributed by atoms with Crippen molar-refractivity contribution in [2.24, 2.45) is 5.73 Å². The minimum Gasteiger partial charge on any atom is -0.395 e. The van der Waals surface area contributed by atoms with E-state index >= 15 is 0 Å². The molecular weight excluding hydrogens is 234 g/mol. The summed E-state index contributed by atoms with van der Waals surface area (Å²) >= 11 is 0. The number of amides is 1. The molecule has 0 aliphatic heterocycles. The lowest BCUT2D eigenvalue weighted by Crippen LogP contribution is -2.15. The first-order valence-electron chi connectivity index (χ1n) is 5.43. The summed E-state index contributed by atoms with van der Waals surface area (Å²) in [5, 5.41) is 8.95. The molecule has 0 saturated carbocycles. The van der Waals surface area contributed by atoms with Crippen LogP contribution >= 0.6 is 0 Å². The lowest BCUT2D eigenvalue weighted by molar-refractivity contribution is 0.0997. The number of aliphatic hydroxyl groups is 1. The maximum atomic E-state index is 11.3. The number of hydrogen-bond donors (Lipinski definition) is 2. The molecule has 2 aromatic heterocycles. The third-order valence-electron chi connectivity index (χ3n) is 2.37. The van der Waals surface area contributed by atoms with Gasteiger partial charge in [0.25, 0.3) is 5.91 Å². The second-order valence-corrected chi connectivity index (χ2v) is 3.63. The molecule has 0 aliphatic rings. The van der Waals surface area contributed by atoms with Crippen molar-refractivity contribution in [2.45, 2.75) is 13.5 Å². The van der Waals surface area contributed by atoms with Crippen LogP contribution in [0.5, 0.6) is 0 Å². The third kappa shape index (κ3) is 2.07. The maximum absolute atomic E-state index is 11.3. The van der Waals surface area contributed by atoms with E-state index in [9.17, 15) is 4.79 Å². The van der Waals surface area contributed by atoms with Gasteiger partial charge in [0, 0.05) is 6.54 Å². The van der Waals surface area contributed by atoms with Gasteiger partial charge in [-0.05, 0) is 13.0 Å². The van der Waals surface area contributed by atoms with Gasteiger partial charge < -0.3 is 15.4 Å². The standard InChI is InChI=1S/C11H13N5O2/c1-2-3-7-14-8(10(12)18)9-11(15-7)16(4-5-17)6-13-9/h2-3,6,17H,4-5H2,1H3,(H2,12,18)/b3-2-. The highest BCUT2D eigenvalue weighted by Gasteiger charge is 2.15. The second kappa shape index (κ2) is 4.92. The Morgan fingerprint density at radius 2 is 2.33 bits per heavy atom. The Bertz CT molecular complexity index is 617. The zero-order valence-electron chi connectivity index (χ0n) is 9.87. The van der Waals surface area contributed by atoms with Gasteiger partial charge in [-0.15, -0.1) is 0 Å². The van der Waals surface area contributed by atoms with Crippen LogP contribution < -0.4 is 5.73 Å². The first-order valence-corrected chi connectivity index (χ1v) is 5.43. The summed E-state index contributed by atoms with van der Waals surface area (Å²) in [6, 6.07) is 0. The lowest BCUT2D eigenvalue weighted by Gasteiger charge is -2.02. The fourth-order valence-corrected chi connectivity index (χ4v) is 1.63. The molecule has 0 unspecified atom stereocenters. The fraction of sp³-hybridized carbons (Fsp3) is 0.273. The molecule has 3 N–H and O–H groups in total. The number of carbonyl (C=O) groups excluding carboxylic acids is 1. The molecule has 0 aromatic carbocycles. The quantitative estimate of drug-likeness (QED) is 0.787. The van der Waals surface area contributed by atoms with Crippen molar-refractivity contribution >= 4 is 23.1 Å². The summed E-state index contributed by atoms with van der Waals surface area (Å²) in [7, 11) is 0. The number of imidazole rings is 1. The highest BCUT2D eigenvalue weighted by molar-refractivity contribution is 6.01. The van der Waals surface area contributed by atoms with Crippen LogP contribution in [0.25, 0.3) is 17.2 Å². The van der Waals surface area contributed by atoms with Crippen LogP contribution in [0.3, 0.4) is 0 Å². The zero-order chi connectivity index (χ0) is 13.1. The number of nitrogens with zero attached hydrogens (tertiary/aromatic N) is 4. The molecule has 18 heavy (non-hydrogen) atoms. The second-order valence-electron chi connectivity index (χ2n) is 3.63. The topological polar surface area (TPSA) is 107 Å². The predicted octanol–water partition coefficient (Wildman–Crippen LogP) is -0.0494. The number of allylic oxidation sites excluding steroid dienone is 1. The number of aliphatic hydroxyl groups excluding tert-OH is 1. The maximum Gasteiger partial charge on any atom is 0.269 e. The lowest BCUT2D eigenvalue weighted by atomic mass is 10.3. The van der Waals surface area contributed by atoms with Crippen molar-refractivity contribution < 1.29 is 9.90 Å². The van der Waals surface area contributed by atoms with E-state index in [-0.39, 0.29) is 12.3 Å². The molecule has 2 aromatic rings. The fourth-order valence-electron chi connectivity index (χ4n) is 1.63. The first-order chi connectivity index (χ1) is 8.67. The van der Waals surface area contributed by atoms with E-state index in [1.807, 2.05) is 6.92 Å². The van der Waals surface area contributed by atoms with Crippen molar-refractivity contribution in [2.75, 3.05) is 6.61 Å². The normalized spacial score (nSPS) is 11.4. The van der Waals surface area contributed by atoms with Gasteiger partial charge in [0.1, 0.15) is 5.52 Å². The van der Waals surface area contributed by atoms with Gasteiger partial charge >= 0.3 is 0 Å². The van der Waals surface area contributed by atoms with Crippen LogP contribution in [0.2, 0.25) is 0 Å². The molecule has 0 saturated heterocycles. The monoisotopic (exact) mass is 247 g/mol. The Balaban J connectivity index is 2.70. The average Bonchev–Trinajstić information content (AvgIpc) is 2.72. The molecule has 0 bridgehead atoms.